The Morgan fingerprint density at radius 2 is 2.00 bits per heavy atom. The molecule has 2 amide bonds. The van der Waals surface area contributed by atoms with Gasteiger partial charge in [-0.15, -0.1) is 0 Å². The summed E-state index contributed by atoms with van der Waals surface area (Å²) in [4.78, 5) is 28.4. The van der Waals surface area contributed by atoms with E-state index in [0.717, 1.165) is 16.5 Å². The molecular weight excluding hydrogens is 278 g/mol. The molecule has 2 aromatic rings. The number of carbonyl (C=O) groups excluding carboxylic acids is 2. The minimum atomic E-state index is -0.0305. The molecule has 2 N–H and O–H groups in total. The van der Waals surface area contributed by atoms with Crippen molar-refractivity contribution < 1.29 is 9.59 Å². The molecule has 0 unspecified atom stereocenters. The monoisotopic (exact) mass is 301 g/mol. The Kier molecular flexibility index (Phi) is 5.20. The van der Waals surface area contributed by atoms with E-state index in [1.165, 1.54) is 0 Å². The summed E-state index contributed by atoms with van der Waals surface area (Å²) in [5.41, 5.74) is 2.02. The van der Waals surface area contributed by atoms with Crippen molar-refractivity contribution in [1.29, 1.82) is 0 Å². The lowest BCUT2D eigenvalue weighted by Crippen LogP contribution is -2.41. The van der Waals surface area contributed by atoms with Gasteiger partial charge in [0, 0.05) is 43.2 Å². The fraction of sp³-hybridized carbons (Fsp3) is 0.412. The Bertz CT molecular complexity index is 661. The summed E-state index contributed by atoms with van der Waals surface area (Å²) < 4.78 is 0. The van der Waals surface area contributed by atoms with Crippen molar-refractivity contribution in [3.63, 3.8) is 0 Å². The molecule has 1 aromatic carbocycles. The summed E-state index contributed by atoms with van der Waals surface area (Å²) in [6.45, 7) is 6.49. The number of nitrogens with one attached hydrogen (secondary N) is 2. The van der Waals surface area contributed by atoms with Gasteiger partial charge in [0.15, 0.2) is 0 Å². The van der Waals surface area contributed by atoms with Crippen molar-refractivity contribution in [1.82, 2.24) is 15.2 Å². The highest BCUT2D eigenvalue weighted by atomic mass is 16.2. The standard InChI is InChI=1S/C17H23N3O2/c1-12(2)20(13(3)21)9-8-18-17(22)10-14-11-19-16-7-5-4-6-15(14)16/h4-7,11-12,19H,8-10H2,1-3H3,(H,18,22). The van der Waals surface area contributed by atoms with Crippen molar-refractivity contribution in [3.05, 3.63) is 36.0 Å². The van der Waals surface area contributed by atoms with Crippen LogP contribution in [0.5, 0.6) is 0 Å². The number of benzene rings is 1. The third kappa shape index (κ3) is 3.87. The highest BCUT2D eigenvalue weighted by Gasteiger charge is 2.13. The second kappa shape index (κ2) is 7.11. The molecule has 0 atom stereocenters. The average Bonchev–Trinajstić information content (AvgIpc) is 2.86. The van der Waals surface area contributed by atoms with E-state index in [9.17, 15) is 9.59 Å². The van der Waals surface area contributed by atoms with Crippen molar-refractivity contribution in [2.24, 2.45) is 0 Å². The number of hydrogen-bond donors (Lipinski definition) is 2. The van der Waals surface area contributed by atoms with Crippen LogP contribution < -0.4 is 5.32 Å². The van der Waals surface area contributed by atoms with Crippen molar-refractivity contribution in [2.75, 3.05) is 13.1 Å². The summed E-state index contributed by atoms with van der Waals surface area (Å²) in [7, 11) is 0. The minimum Gasteiger partial charge on any atom is -0.361 e. The van der Waals surface area contributed by atoms with E-state index in [1.807, 2.05) is 44.3 Å². The molecule has 0 aliphatic carbocycles. The van der Waals surface area contributed by atoms with Gasteiger partial charge in [-0.05, 0) is 25.5 Å². The molecule has 118 valence electrons. The van der Waals surface area contributed by atoms with Gasteiger partial charge in [-0.2, -0.15) is 0 Å². The lowest BCUT2D eigenvalue weighted by Gasteiger charge is -2.25. The predicted molar refractivity (Wildman–Crippen MR) is 87.5 cm³/mol. The Balaban J connectivity index is 1.87. The number of fused-ring (bicyclic) bond motifs is 1. The van der Waals surface area contributed by atoms with Crippen LogP contribution in [0.2, 0.25) is 0 Å². The lowest BCUT2D eigenvalue weighted by molar-refractivity contribution is -0.131. The summed E-state index contributed by atoms with van der Waals surface area (Å²) in [6, 6.07) is 8.06. The van der Waals surface area contributed by atoms with Gasteiger partial charge in [0.1, 0.15) is 0 Å². The first-order valence-electron chi connectivity index (χ1n) is 7.58. The first-order valence-corrected chi connectivity index (χ1v) is 7.58. The summed E-state index contributed by atoms with van der Waals surface area (Å²) in [6.07, 6.45) is 2.21. The number of amides is 2. The number of rotatable bonds is 6. The van der Waals surface area contributed by atoms with Gasteiger partial charge in [0.2, 0.25) is 11.8 Å². The maximum absolute atomic E-state index is 12.0. The van der Waals surface area contributed by atoms with Crippen LogP contribution >= 0.6 is 0 Å². The van der Waals surface area contributed by atoms with Crippen LogP contribution in [-0.2, 0) is 16.0 Å². The van der Waals surface area contributed by atoms with E-state index < -0.39 is 0 Å². The molecule has 0 saturated heterocycles. The van der Waals surface area contributed by atoms with E-state index in [-0.39, 0.29) is 17.9 Å². The van der Waals surface area contributed by atoms with E-state index in [1.54, 1.807) is 11.8 Å². The van der Waals surface area contributed by atoms with Gasteiger partial charge in [-0.3, -0.25) is 9.59 Å². The fourth-order valence-corrected chi connectivity index (χ4v) is 2.61. The molecule has 5 heteroatoms. The van der Waals surface area contributed by atoms with Crippen molar-refractivity contribution in [3.8, 4) is 0 Å². The average molecular weight is 301 g/mol. The summed E-state index contributed by atoms with van der Waals surface area (Å²) >= 11 is 0. The molecule has 0 aliphatic rings. The number of hydrogen-bond acceptors (Lipinski definition) is 2. The highest BCUT2D eigenvalue weighted by Crippen LogP contribution is 2.17. The highest BCUT2D eigenvalue weighted by molar-refractivity contribution is 5.88. The number of aromatic nitrogens is 1. The number of carbonyl (C=O) groups is 2. The fourth-order valence-electron chi connectivity index (χ4n) is 2.61. The van der Waals surface area contributed by atoms with Crippen LogP contribution in [0.3, 0.4) is 0 Å². The quantitative estimate of drug-likeness (QED) is 0.858. The Morgan fingerprint density at radius 1 is 1.27 bits per heavy atom. The Hall–Kier alpha value is -2.30. The third-order valence-electron chi connectivity index (χ3n) is 3.73. The largest absolute Gasteiger partial charge is 0.361 e. The molecule has 2 rings (SSSR count). The van der Waals surface area contributed by atoms with Crippen LogP contribution in [0, 0.1) is 0 Å². The van der Waals surface area contributed by atoms with Crippen molar-refractivity contribution >= 4 is 22.7 Å². The molecule has 1 aromatic heterocycles. The third-order valence-corrected chi connectivity index (χ3v) is 3.73. The number of nitrogens with zero attached hydrogens (tertiary/aromatic N) is 1. The Morgan fingerprint density at radius 3 is 2.68 bits per heavy atom. The van der Waals surface area contributed by atoms with E-state index >= 15 is 0 Å². The van der Waals surface area contributed by atoms with Crippen molar-refractivity contribution in [2.45, 2.75) is 33.2 Å². The molecule has 0 bridgehead atoms. The van der Waals surface area contributed by atoms with Crippen LogP contribution in [0.1, 0.15) is 26.3 Å². The number of para-hydroxylation sites is 1. The van der Waals surface area contributed by atoms with Crippen LogP contribution in [0.4, 0.5) is 0 Å². The number of H-pyrrole nitrogens is 1. The molecule has 1 heterocycles. The summed E-state index contributed by atoms with van der Waals surface area (Å²) in [5.74, 6) is -0.00195. The van der Waals surface area contributed by atoms with Gasteiger partial charge in [0.25, 0.3) is 0 Å². The Labute approximate surface area is 130 Å². The van der Waals surface area contributed by atoms with Gasteiger partial charge in [0.05, 0.1) is 6.42 Å². The maximum atomic E-state index is 12.0. The molecule has 0 aliphatic heterocycles. The first kappa shape index (κ1) is 16.1. The van der Waals surface area contributed by atoms with Gasteiger partial charge >= 0.3 is 0 Å². The molecule has 0 radical (unpaired) electrons. The molecule has 0 spiro atoms. The smallest absolute Gasteiger partial charge is 0.224 e. The topological polar surface area (TPSA) is 65.2 Å². The predicted octanol–water partition coefficient (Wildman–Crippen LogP) is 2.08. The molecule has 0 saturated carbocycles. The normalized spacial score (nSPS) is 10.9. The SMILES string of the molecule is CC(=O)N(CCNC(=O)Cc1c[nH]c2ccccc12)C(C)C. The van der Waals surface area contributed by atoms with Crippen LogP contribution in [0.25, 0.3) is 10.9 Å². The molecule has 0 fully saturated rings. The second-order valence-electron chi connectivity index (χ2n) is 5.69. The molecular formula is C17H23N3O2. The van der Waals surface area contributed by atoms with Gasteiger partial charge in [-0.1, -0.05) is 18.2 Å². The van der Waals surface area contributed by atoms with Crippen LogP contribution in [-0.4, -0.2) is 40.8 Å². The first-order chi connectivity index (χ1) is 10.5. The van der Waals surface area contributed by atoms with E-state index in [2.05, 4.69) is 10.3 Å². The zero-order valence-corrected chi connectivity index (χ0v) is 13.3. The van der Waals surface area contributed by atoms with Gasteiger partial charge in [-0.25, -0.2) is 0 Å². The molecule has 22 heavy (non-hydrogen) atoms. The zero-order valence-electron chi connectivity index (χ0n) is 13.3. The van der Waals surface area contributed by atoms with Crippen LogP contribution in [0.15, 0.2) is 30.5 Å². The molecule has 5 nitrogen and oxygen atoms in total. The zero-order chi connectivity index (χ0) is 16.1. The second-order valence-corrected chi connectivity index (χ2v) is 5.69. The minimum absolute atomic E-state index is 0.0286. The lowest BCUT2D eigenvalue weighted by atomic mass is 10.1. The van der Waals surface area contributed by atoms with Gasteiger partial charge < -0.3 is 15.2 Å². The van der Waals surface area contributed by atoms with E-state index in [4.69, 9.17) is 0 Å². The van der Waals surface area contributed by atoms with E-state index in [0.29, 0.717) is 19.5 Å². The maximum Gasteiger partial charge on any atom is 0.224 e. The number of aromatic amines is 1. The summed E-state index contributed by atoms with van der Waals surface area (Å²) in [5, 5.41) is 3.95.